The van der Waals surface area contributed by atoms with Crippen LogP contribution in [-0.2, 0) is 15.4 Å². The number of rotatable bonds is 4. The highest BCUT2D eigenvalue weighted by molar-refractivity contribution is 7.89. The average molecular weight is 296 g/mol. The van der Waals surface area contributed by atoms with Crippen LogP contribution < -0.4 is 10.0 Å². The van der Waals surface area contributed by atoms with E-state index in [-0.39, 0.29) is 5.41 Å². The zero-order valence-corrected chi connectivity index (χ0v) is 13.3. The second-order valence-electron chi connectivity index (χ2n) is 6.49. The molecule has 5 heteroatoms. The van der Waals surface area contributed by atoms with E-state index in [9.17, 15) is 8.42 Å². The molecule has 1 aromatic rings. The second kappa shape index (κ2) is 5.84. The predicted octanol–water partition coefficient (Wildman–Crippen LogP) is 1.87. The van der Waals surface area contributed by atoms with Crippen molar-refractivity contribution >= 4 is 10.0 Å². The number of nitrogens with one attached hydrogen (secondary N) is 2. The van der Waals surface area contributed by atoms with Crippen LogP contribution in [0.4, 0.5) is 0 Å². The number of hydrogen-bond donors (Lipinski definition) is 2. The minimum absolute atomic E-state index is 0.0330. The Morgan fingerprint density at radius 1 is 1.25 bits per heavy atom. The quantitative estimate of drug-likeness (QED) is 0.892. The van der Waals surface area contributed by atoms with Gasteiger partial charge in [0.2, 0.25) is 10.0 Å². The van der Waals surface area contributed by atoms with Crippen molar-refractivity contribution in [3.05, 3.63) is 29.8 Å². The van der Waals surface area contributed by atoms with Gasteiger partial charge < -0.3 is 5.32 Å². The van der Waals surface area contributed by atoms with Crippen molar-refractivity contribution in [3.63, 3.8) is 0 Å². The normalized spacial score (nSPS) is 20.2. The Bertz CT molecular complexity index is 538. The lowest BCUT2D eigenvalue weighted by atomic mass is 9.87. The molecule has 1 fully saturated rings. The molecule has 0 radical (unpaired) electrons. The highest BCUT2D eigenvalue weighted by Gasteiger charge is 2.20. The first-order valence-electron chi connectivity index (χ1n) is 7.10. The highest BCUT2D eigenvalue weighted by Crippen LogP contribution is 2.23. The van der Waals surface area contributed by atoms with Crippen LogP contribution in [0.15, 0.2) is 29.2 Å². The summed E-state index contributed by atoms with van der Waals surface area (Å²) in [5.74, 6) is 0.402. The molecule has 1 saturated heterocycles. The molecule has 20 heavy (non-hydrogen) atoms. The Labute approximate surface area is 122 Å². The van der Waals surface area contributed by atoms with E-state index in [0.29, 0.717) is 17.4 Å². The van der Waals surface area contributed by atoms with Crippen molar-refractivity contribution < 1.29 is 8.42 Å². The number of sulfonamides is 1. The molecule has 0 aliphatic carbocycles. The van der Waals surface area contributed by atoms with E-state index >= 15 is 0 Å². The third-order valence-corrected chi connectivity index (χ3v) is 5.19. The lowest BCUT2D eigenvalue weighted by molar-refractivity contribution is 0.538. The van der Waals surface area contributed by atoms with E-state index in [4.69, 9.17) is 0 Å². The first kappa shape index (κ1) is 15.5. The molecular formula is C15H24N2O2S. The molecule has 2 rings (SSSR count). The van der Waals surface area contributed by atoms with Crippen LogP contribution in [0.25, 0.3) is 0 Å². The Kier molecular flexibility index (Phi) is 4.52. The minimum atomic E-state index is -3.39. The fraction of sp³-hybridized carbons (Fsp3) is 0.600. The van der Waals surface area contributed by atoms with E-state index in [1.807, 2.05) is 12.1 Å². The zero-order valence-electron chi connectivity index (χ0n) is 12.4. The molecule has 1 heterocycles. The summed E-state index contributed by atoms with van der Waals surface area (Å²) in [7, 11) is -3.39. The van der Waals surface area contributed by atoms with E-state index < -0.39 is 10.0 Å². The van der Waals surface area contributed by atoms with Crippen LogP contribution in [0.2, 0.25) is 0 Å². The van der Waals surface area contributed by atoms with Crippen molar-refractivity contribution in [1.29, 1.82) is 0 Å². The topological polar surface area (TPSA) is 58.2 Å². The summed E-state index contributed by atoms with van der Waals surface area (Å²) in [6, 6.07) is 7.17. The third-order valence-electron chi connectivity index (χ3n) is 3.76. The first-order chi connectivity index (χ1) is 9.29. The molecule has 0 bridgehead atoms. The fourth-order valence-corrected chi connectivity index (χ4v) is 3.45. The minimum Gasteiger partial charge on any atom is -0.316 e. The predicted molar refractivity (Wildman–Crippen MR) is 81.3 cm³/mol. The van der Waals surface area contributed by atoms with Crippen LogP contribution >= 0.6 is 0 Å². The van der Waals surface area contributed by atoms with Crippen LogP contribution in [0.3, 0.4) is 0 Å². The average Bonchev–Trinajstić information content (AvgIpc) is 2.89. The Hall–Kier alpha value is -0.910. The lowest BCUT2D eigenvalue weighted by Crippen LogP contribution is -2.30. The summed E-state index contributed by atoms with van der Waals surface area (Å²) >= 11 is 0. The van der Waals surface area contributed by atoms with Gasteiger partial charge >= 0.3 is 0 Å². The third kappa shape index (κ3) is 3.81. The van der Waals surface area contributed by atoms with Crippen molar-refractivity contribution in [2.75, 3.05) is 19.6 Å². The van der Waals surface area contributed by atoms with E-state index in [1.54, 1.807) is 12.1 Å². The van der Waals surface area contributed by atoms with Gasteiger partial charge in [0.15, 0.2) is 0 Å². The maximum atomic E-state index is 12.2. The van der Waals surface area contributed by atoms with Gasteiger partial charge in [0.05, 0.1) is 4.90 Å². The first-order valence-corrected chi connectivity index (χ1v) is 8.58. The summed E-state index contributed by atoms with van der Waals surface area (Å²) < 4.78 is 27.1. The standard InChI is InChI=1S/C15H24N2O2S/c1-15(2,3)13-4-6-14(7-5-13)20(18,19)17-11-12-8-9-16-10-12/h4-7,12,16-17H,8-11H2,1-3H3. The maximum Gasteiger partial charge on any atom is 0.240 e. The SMILES string of the molecule is CC(C)(C)c1ccc(S(=O)(=O)NCC2CCNC2)cc1. The smallest absolute Gasteiger partial charge is 0.240 e. The largest absolute Gasteiger partial charge is 0.316 e. The van der Waals surface area contributed by atoms with Crippen molar-refractivity contribution in [3.8, 4) is 0 Å². The Morgan fingerprint density at radius 2 is 1.90 bits per heavy atom. The Balaban J connectivity index is 2.05. The van der Waals surface area contributed by atoms with Gasteiger partial charge in [0.25, 0.3) is 0 Å². The monoisotopic (exact) mass is 296 g/mol. The van der Waals surface area contributed by atoms with Gasteiger partial charge in [-0.2, -0.15) is 0 Å². The van der Waals surface area contributed by atoms with Gasteiger partial charge in [-0.3, -0.25) is 0 Å². The van der Waals surface area contributed by atoms with E-state index in [2.05, 4.69) is 30.8 Å². The van der Waals surface area contributed by atoms with Gasteiger partial charge in [-0.1, -0.05) is 32.9 Å². The van der Waals surface area contributed by atoms with Crippen LogP contribution in [-0.4, -0.2) is 28.1 Å². The van der Waals surface area contributed by atoms with Crippen LogP contribution in [0.5, 0.6) is 0 Å². The molecule has 4 nitrogen and oxygen atoms in total. The molecule has 0 amide bonds. The summed E-state index contributed by atoms with van der Waals surface area (Å²) in [4.78, 5) is 0.344. The number of benzene rings is 1. The fourth-order valence-electron chi connectivity index (χ4n) is 2.33. The number of hydrogen-bond acceptors (Lipinski definition) is 3. The summed E-state index contributed by atoms with van der Waals surface area (Å²) in [5, 5.41) is 3.24. The molecule has 0 saturated carbocycles. The molecule has 1 atom stereocenters. The van der Waals surface area contributed by atoms with E-state index in [0.717, 1.165) is 25.1 Å². The molecule has 2 N–H and O–H groups in total. The lowest BCUT2D eigenvalue weighted by Gasteiger charge is -2.19. The molecule has 1 aromatic carbocycles. The van der Waals surface area contributed by atoms with Crippen molar-refractivity contribution in [2.24, 2.45) is 5.92 Å². The van der Waals surface area contributed by atoms with Crippen LogP contribution in [0.1, 0.15) is 32.8 Å². The molecule has 112 valence electrons. The van der Waals surface area contributed by atoms with Gasteiger partial charge in [-0.15, -0.1) is 0 Å². The van der Waals surface area contributed by atoms with Gasteiger partial charge in [0.1, 0.15) is 0 Å². The molecule has 0 aromatic heterocycles. The van der Waals surface area contributed by atoms with Gasteiger partial charge in [0, 0.05) is 6.54 Å². The summed E-state index contributed by atoms with van der Waals surface area (Å²) in [6.07, 6.45) is 1.03. The van der Waals surface area contributed by atoms with Gasteiger partial charge in [-0.25, -0.2) is 13.1 Å². The molecule has 1 unspecified atom stereocenters. The summed E-state index contributed by atoms with van der Waals surface area (Å²) in [5.41, 5.74) is 1.17. The maximum absolute atomic E-state index is 12.2. The Morgan fingerprint density at radius 3 is 2.40 bits per heavy atom. The van der Waals surface area contributed by atoms with Crippen molar-refractivity contribution in [2.45, 2.75) is 37.5 Å². The molecule has 0 spiro atoms. The highest BCUT2D eigenvalue weighted by atomic mass is 32.2. The van der Waals surface area contributed by atoms with E-state index in [1.165, 1.54) is 0 Å². The van der Waals surface area contributed by atoms with Crippen molar-refractivity contribution in [1.82, 2.24) is 10.0 Å². The van der Waals surface area contributed by atoms with Crippen LogP contribution in [0, 0.1) is 5.92 Å². The summed E-state index contributed by atoms with van der Waals surface area (Å²) in [6.45, 7) is 8.72. The zero-order chi connectivity index (χ0) is 14.8. The molecule has 1 aliphatic heterocycles. The van der Waals surface area contributed by atoms with Gasteiger partial charge in [-0.05, 0) is 48.5 Å². The molecule has 1 aliphatic rings. The second-order valence-corrected chi connectivity index (χ2v) is 8.25. The molecular weight excluding hydrogens is 272 g/mol.